The quantitative estimate of drug-likeness (QED) is 0.793. The van der Waals surface area contributed by atoms with Crippen LogP contribution in [0.5, 0.6) is 5.75 Å². The molecular weight excluding hydrogens is 244 g/mol. The van der Waals surface area contributed by atoms with Gasteiger partial charge in [0.05, 0.1) is 5.88 Å². The van der Waals surface area contributed by atoms with Crippen LogP contribution in [0.2, 0.25) is 0 Å². The van der Waals surface area contributed by atoms with Gasteiger partial charge in [0.15, 0.2) is 5.69 Å². The highest BCUT2D eigenvalue weighted by Gasteiger charge is 2.36. The summed E-state index contributed by atoms with van der Waals surface area (Å²) in [6, 6.07) is 1.99. The third-order valence-corrected chi connectivity index (χ3v) is 3.43. The first-order valence-electron chi connectivity index (χ1n) is 4.86. The third-order valence-electron chi connectivity index (χ3n) is 2.42. The third kappa shape index (κ3) is 2.19. The maximum Gasteiger partial charge on any atom is 0.327 e. The van der Waals surface area contributed by atoms with Crippen LogP contribution in [0.3, 0.4) is 0 Å². The van der Waals surface area contributed by atoms with Crippen molar-refractivity contribution < 1.29 is 19.8 Å². The first kappa shape index (κ1) is 11.7. The lowest BCUT2D eigenvalue weighted by Crippen LogP contribution is -2.42. The van der Waals surface area contributed by atoms with Crippen molar-refractivity contribution in [3.8, 4) is 5.75 Å². The summed E-state index contributed by atoms with van der Waals surface area (Å²) in [5.41, 5.74) is -0.110. The summed E-state index contributed by atoms with van der Waals surface area (Å²) in [5, 5.41) is 18.5. The molecule has 1 aromatic rings. The molecule has 2 heterocycles. The zero-order chi connectivity index (χ0) is 12.4. The molecule has 17 heavy (non-hydrogen) atoms. The lowest BCUT2D eigenvalue weighted by molar-refractivity contribution is -0.140. The molecule has 0 saturated carbocycles. The average Bonchev–Trinajstić information content (AvgIpc) is 2.77. The average molecular weight is 254 g/mol. The Hall–Kier alpha value is -1.76. The predicted octanol–water partition coefficient (Wildman–Crippen LogP) is 0.387. The van der Waals surface area contributed by atoms with Crippen LogP contribution in [0.4, 0.5) is 0 Å². The molecule has 1 fully saturated rings. The van der Waals surface area contributed by atoms with Crippen molar-refractivity contribution in [1.82, 2.24) is 9.88 Å². The number of carbonyl (C=O) groups excluding carboxylic acids is 1. The number of rotatable bonds is 2. The van der Waals surface area contributed by atoms with E-state index in [2.05, 4.69) is 4.98 Å². The molecule has 6 nitrogen and oxygen atoms in total. The summed E-state index contributed by atoms with van der Waals surface area (Å²) in [6.45, 7) is 0. The van der Waals surface area contributed by atoms with E-state index in [1.165, 1.54) is 35.0 Å². The summed E-state index contributed by atoms with van der Waals surface area (Å²) >= 11 is 1.36. The molecule has 1 aliphatic rings. The van der Waals surface area contributed by atoms with E-state index in [4.69, 9.17) is 5.11 Å². The summed E-state index contributed by atoms with van der Waals surface area (Å²) in [5.74, 6) is -1.18. The number of aliphatic carboxylic acids is 1. The van der Waals surface area contributed by atoms with Crippen LogP contribution in [0.25, 0.3) is 0 Å². The van der Waals surface area contributed by atoms with Crippen LogP contribution in [-0.4, -0.2) is 49.6 Å². The van der Waals surface area contributed by atoms with Gasteiger partial charge in [-0.1, -0.05) is 0 Å². The van der Waals surface area contributed by atoms with E-state index in [1.54, 1.807) is 0 Å². The Morgan fingerprint density at radius 2 is 2.29 bits per heavy atom. The minimum Gasteiger partial charge on any atom is -0.505 e. The van der Waals surface area contributed by atoms with Crippen molar-refractivity contribution >= 4 is 23.6 Å². The molecule has 0 spiro atoms. The molecule has 0 aliphatic carbocycles. The van der Waals surface area contributed by atoms with Crippen LogP contribution in [-0.2, 0) is 4.79 Å². The van der Waals surface area contributed by atoms with Gasteiger partial charge in [-0.25, -0.2) is 9.78 Å². The molecule has 1 aromatic heterocycles. The minimum absolute atomic E-state index is 0.110. The van der Waals surface area contributed by atoms with Gasteiger partial charge in [0.2, 0.25) is 0 Å². The molecule has 90 valence electrons. The number of aromatic hydroxyl groups is 1. The fourth-order valence-corrected chi connectivity index (χ4v) is 2.69. The molecule has 1 saturated heterocycles. The number of hydrogen-bond acceptors (Lipinski definition) is 5. The van der Waals surface area contributed by atoms with Crippen molar-refractivity contribution in [2.24, 2.45) is 0 Å². The highest BCUT2D eigenvalue weighted by atomic mass is 32.2. The molecular formula is C10H10N2O4S. The number of pyridine rings is 1. The van der Waals surface area contributed by atoms with Crippen LogP contribution in [0, 0.1) is 0 Å². The molecule has 1 amide bonds. The lowest BCUT2D eigenvalue weighted by Gasteiger charge is -2.20. The number of amides is 1. The number of carbonyl (C=O) groups is 2. The minimum atomic E-state index is -1.04. The predicted molar refractivity (Wildman–Crippen MR) is 60.8 cm³/mol. The smallest absolute Gasteiger partial charge is 0.327 e. The summed E-state index contributed by atoms with van der Waals surface area (Å²) < 4.78 is 0. The SMILES string of the molecule is O=C(O)C1CSCN1C(=O)c1ncccc1O. The fourth-order valence-electron chi connectivity index (χ4n) is 1.55. The van der Waals surface area contributed by atoms with Gasteiger partial charge in [0, 0.05) is 11.9 Å². The van der Waals surface area contributed by atoms with E-state index in [0.717, 1.165) is 0 Å². The zero-order valence-electron chi connectivity index (χ0n) is 8.74. The Balaban J connectivity index is 2.26. The van der Waals surface area contributed by atoms with E-state index in [0.29, 0.717) is 11.6 Å². The number of carboxylic acid groups (broad SMARTS) is 1. The number of carboxylic acids is 1. The van der Waals surface area contributed by atoms with Gasteiger partial charge in [0.1, 0.15) is 11.8 Å². The van der Waals surface area contributed by atoms with Crippen molar-refractivity contribution in [3.63, 3.8) is 0 Å². The van der Waals surface area contributed by atoms with E-state index in [9.17, 15) is 14.7 Å². The van der Waals surface area contributed by atoms with Gasteiger partial charge in [-0.2, -0.15) is 0 Å². The fraction of sp³-hybridized carbons (Fsp3) is 0.300. The van der Waals surface area contributed by atoms with Gasteiger partial charge in [-0.05, 0) is 12.1 Å². The van der Waals surface area contributed by atoms with Crippen molar-refractivity contribution in [3.05, 3.63) is 24.0 Å². The number of hydrogen-bond donors (Lipinski definition) is 2. The molecule has 2 rings (SSSR count). The Bertz CT molecular complexity index is 465. The number of nitrogens with zero attached hydrogens (tertiary/aromatic N) is 2. The van der Waals surface area contributed by atoms with E-state index < -0.39 is 17.9 Å². The van der Waals surface area contributed by atoms with Crippen molar-refractivity contribution in [2.45, 2.75) is 6.04 Å². The molecule has 1 atom stereocenters. The Morgan fingerprint density at radius 1 is 1.53 bits per heavy atom. The monoisotopic (exact) mass is 254 g/mol. The summed E-state index contributed by atoms with van der Waals surface area (Å²) in [6.07, 6.45) is 1.38. The molecule has 1 unspecified atom stereocenters. The Labute approximate surface area is 101 Å². The molecule has 1 aliphatic heterocycles. The molecule has 0 aromatic carbocycles. The standard InChI is InChI=1S/C10H10N2O4S/c13-7-2-1-3-11-8(7)9(14)12-5-17-4-6(12)10(15)16/h1-3,6,13H,4-5H2,(H,15,16). The second-order valence-corrected chi connectivity index (χ2v) is 4.50. The normalized spacial score (nSPS) is 19.3. The van der Waals surface area contributed by atoms with E-state index in [-0.39, 0.29) is 11.4 Å². The number of thioether (sulfide) groups is 1. The molecule has 7 heteroatoms. The Morgan fingerprint density at radius 3 is 2.94 bits per heavy atom. The molecule has 0 radical (unpaired) electrons. The van der Waals surface area contributed by atoms with Crippen molar-refractivity contribution in [2.75, 3.05) is 11.6 Å². The van der Waals surface area contributed by atoms with Gasteiger partial charge < -0.3 is 15.1 Å². The topological polar surface area (TPSA) is 90.7 Å². The van der Waals surface area contributed by atoms with E-state index >= 15 is 0 Å². The zero-order valence-corrected chi connectivity index (χ0v) is 9.55. The van der Waals surface area contributed by atoms with Gasteiger partial charge in [-0.15, -0.1) is 11.8 Å². The second kappa shape index (κ2) is 4.62. The molecule has 0 bridgehead atoms. The maximum absolute atomic E-state index is 12.0. The Kier molecular flexibility index (Phi) is 3.19. The van der Waals surface area contributed by atoms with Crippen molar-refractivity contribution in [1.29, 1.82) is 0 Å². The van der Waals surface area contributed by atoms with Crippen LogP contribution < -0.4 is 0 Å². The van der Waals surface area contributed by atoms with Crippen LogP contribution in [0.1, 0.15) is 10.5 Å². The second-order valence-electron chi connectivity index (χ2n) is 3.50. The van der Waals surface area contributed by atoms with Gasteiger partial charge in [-0.3, -0.25) is 4.79 Å². The van der Waals surface area contributed by atoms with E-state index in [1.807, 2.05) is 0 Å². The summed E-state index contributed by atoms with van der Waals surface area (Å²) in [4.78, 5) is 27.9. The molecule has 2 N–H and O–H groups in total. The van der Waals surface area contributed by atoms with Crippen LogP contribution in [0.15, 0.2) is 18.3 Å². The summed E-state index contributed by atoms with van der Waals surface area (Å²) in [7, 11) is 0. The van der Waals surface area contributed by atoms with Crippen LogP contribution >= 0.6 is 11.8 Å². The highest BCUT2D eigenvalue weighted by molar-refractivity contribution is 7.99. The first-order chi connectivity index (χ1) is 8.11. The highest BCUT2D eigenvalue weighted by Crippen LogP contribution is 2.25. The largest absolute Gasteiger partial charge is 0.505 e. The van der Waals surface area contributed by atoms with Gasteiger partial charge >= 0.3 is 5.97 Å². The number of aromatic nitrogens is 1. The maximum atomic E-state index is 12.0. The first-order valence-corrected chi connectivity index (χ1v) is 6.02. The lowest BCUT2D eigenvalue weighted by atomic mass is 10.2. The van der Waals surface area contributed by atoms with Gasteiger partial charge in [0.25, 0.3) is 5.91 Å².